The van der Waals surface area contributed by atoms with Crippen LogP contribution in [0.3, 0.4) is 0 Å². The minimum Gasteiger partial charge on any atom is -0.324 e. The molecule has 0 aromatic heterocycles. The van der Waals surface area contributed by atoms with E-state index in [0.29, 0.717) is 6.42 Å². The summed E-state index contributed by atoms with van der Waals surface area (Å²) in [6.45, 7) is 3.57. The summed E-state index contributed by atoms with van der Waals surface area (Å²) < 4.78 is 0. The summed E-state index contributed by atoms with van der Waals surface area (Å²) in [6, 6.07) is 6.14. The second-order valence-electron chi connectivity index (χ2n) is 2.98. The molecule has 0 amide bonds. The predicted molar refractivity (Wildman–Crippen MR) is 62.1 cm³/mol. The summed E-state index contributed by atoms with van der Waals surface area (Å²) in [7, 11) is 0. The Bertz CT molecular complexity index is 355. The van der Waals surface area contributed by atoms with Gasteiger partial charge < -0.3 is 5.73 Å². The molecule has 0 unspecified atom stereocenters. The van der Waals surface area contributed by atoms with Gasteiger partial charge >= 0.3 is 0 Å². The van der Waals surface area contributed by atoms with Crippen molar-refractivity contribution in [3.8, 4) is 0 Å². The Morgan fingerprint density at radius 1 is 1.60 bits per heavy atom. The summed E-state index contributed by atoms with van der Waals surface area (Å²) in [5, 5.41) is 10.5. The SMILES string of the molecule is C=CC[C@@H](N)c1cccc([N+](=O)[O-])c1.Cl. The first kappa shape index (κ1) is 13.6. The lowest BCUT2D eigenvalue weighted by Gasteiger charge is -2.08. The fraction of sp³-hybridized carbons (Fsp3) is 0.200. The molecule has 0 aliphatic carbocycles. The fourth-order valence-corrected chi connectivity index (χ4v) is 1.18. The molecule has 82 valence electrons. The van der Waals surface area contributed by atoms with Gasteiger partial charge in [-0.15, -0.1) is 19.0 Å². The van der Waals surface area contributed by atoms with Crippen LogP contribution in [0, 0.1) is 10.1 Å². The van der Waals surface area contributed by atoms with E-state index in [1.54, 1.807) is 18.2 Å². The minimum absolute atomic E-state index is 0. The van der Waals surface area contributed by atoms with Gasteiger partial charge in [0, 0.05) is 18.2 Å². The van der Waals surface area contributed by atoms with E-state index in [-0.39, 0.29) is 24.1 Å². The van der Waals surface area contributed by atoms with Crippen LogP contribution in [0.15, 0.2) is 36.9 Å². The van der Waals surface area contributed by atoms with Crippen LogP contribution in [0.1, 0.15) is 18.0 Å². The first-order valence-electron chi connectivity index (χ1n) is 4.26. The number of non-ortho nitro benzene ring substituents is 1. The molecule has 1 rings (SSSR count). The number of nitrogens with two attached hydrogens (primary N) is 1. The number of nitrogens with zero attached hydrogens (tertiary/aromatic N) is 1. The van der Waals surface area contributed by atoms with Crippen molar-refractivity contribution in [1.82, 2.24) is 0 Å². The van der Waals surface area contributed by atoms with Gasteiger partial charge in [-0.3, -0.25) is 10.1 Å². The number of hydrogen-bond donors (Lipinski definition) is 1. The highest BCUT2D eigenvalue weighted by Gasteiger charge is 2.09. The summed E-state index contributed by atoms with van der Waals surface area (Å²) >= 11 is 0. The lowest BCUT2D eigenvalue weighted by Crippen LogP contribution is -2.09. The maximum atomic E-state index is 10.5. The summed E-state index contributed by atoms with van der Waals surface area (Å²) in [5.41, 5.74) is 6.62. The molecule has 2 N–H and O–H groups in total. The standard InChI is InChI=1S/C10H12N2O2.ClH/c1-2-4-10(11)8-5-3-6-9(7-8)12(13)14;/h2-3,5-7,10H,1,4,11H2;1H/t10-;/m1./s1. The number of nitro groups is 1. The molecule has 0 bridgehead atoms. The molecule has 0 spiro atoms. The number of halogens is 1. The maximum absolute atomic E-state index is 10.5. The third kappa shape index (κ3) is 3.69. The third-order valence-corrected chi connectivity index (χ3v) is 1.93. The third-order valence-electron chi connectivity index (χ3n) is 1.93. The van der Waals surface area contributed by atoms with Crippen LogP contribution in [0.25, 0.3) is 0 Å². The molecule has 5 heteroatoms. The van der Waals surface area contributed by atoms with Gasteiger partial charge in [0.25, 0.3) is 5.69 Å². The average molecular weight is 229 g/mol. The van der Waals surface area contributed by atoms with Gasteiger partial charge in [-0.05, 0) is 12.0 Å². The number of nitro benzene ring substituents is 1. The van der Waals surface area contributed by atoms with Gasteiger partial charge in [0.15, 0.2) is 0 Å². The molecular formula is C10H13ClN2O2. The maximum Gasteiger partial charge on any atom is 0.269 e. The fourth-order valence-electron chi connectivity index (χ4n) is 1.18. The van der Waals surface area contributed by atoms with E-state index in [0.717, 1.165) is 5.56 Å². The first-order valence-corrected chi connectivity index (χ1v) is 4.26. The van der Waals surface area contributed by atoms with Crippen LogP contribution in [-0.4, -0.2) is 4.92 Å². The van der Waals surface area contributed by atoms with Gasteiger partial charge in [0.05, 0.1) is 4.92 Å². The van der Waals surface area contributed by atoms with Gasteiger partial charge in [0.1, 0.15) is 0 Å². The van der Waals surface area contributed by atoms with E-state index in [1.165, 1.54) is 12.1 Å². The topological polar surface area (TPSA) is 69.2 Å². The normalized spacial score (nSPS) is 11.3. The Kier molecular flexibility index (Phi) is 5.59. The van der Waals surface area contributed by atoms with Crippen molar-refractivity contribution in [2.75, 3.05) is 0 Å². The molecule has 1 aromatic carbocycles. The molecule has 4 nitrogen and oxygen atoms in total. The Morgan fingerprint density at radius 2 is 2.27 bits per heavy atom. The number of rotatable bonds is 4. The van der Waals surface area contributed by atoms with Crippen LogP contribution in [-0.2, 0) is 0 Å². The number of benzene rings is 1. The van der Waals surface area contributed by atoms with Crippen molar-refractivity contribution in [3.63, 3.8) is 0 Å². The van der Waals surface area contributed by atoms with E-state index < -0.39 is 4.92 Å². The summed E-state index contributed by atoms with van der Waals surface area (Å²) in [5.74, 6) is 0. The molecule has 1 aromatic rings. The van der Waals surface area contributed by atoms with Crippen molar-refractivity contribution in [2.24, 2.45) is 5.73 Å². The molecule has 0 aliphatic rings. The second kappa shape index (κ2) is 6.16. The molecule has 1 atom stereocenters. The van der Waals surface area contributed by atoms with Crippen LogP contribution >= 0.6 is 12.4 Å². The van der Waals surface area contributed by atoms with Crippen LogP contribution in [0.4, 0.5) is 5.69 Å². The van der Waals surface area contributed by atoms with Gasteiger partial charge in [-0.1, -0.05) is 18.2 Å². The molecule has 0 fully saturated rings. The second-order valence-corrected chi connectivity index (χ2v) is 2.98. The smallest absolute Gasteiger partial charge is 0.269 e. The molecule has 0 saturated carbocycles. The van der Waals surface area contributed by atoms with Gasteiger partial charge in [-0.2, -0.15) is 0 Å². The number of hydrogen-bond acceptors (Lipinski definition) is 3. The Balaban J connectivity index is 0.00000196. The highest BCUT2D eigenvalue weighted by atomic mass is 35.5. The van der Waals surface area contributed by atoms with Crippen molar-refractivity contribution in [1.29, 1.82) is 0 Å². The van der Waals surface area contributed by atoms with E-state index >= 15 is 0 Å². The van der Waals surface area contributed by atoms with Gasteiger partial charge in [-0.25, -0.2) is 0 Å². The molecule has 0 radical (unpaired) electrons. The Morgan fingerprint density at radius 3 is 2.80 bits per heavy atom. The monoisotopic (exact) mass is 228 g/mol. The minimum atomic E-state index is -0.426. The van der Waals surface area contributed by atoms with Gasteiger partial charge in [0.2, 0.25) is 0 Å². The van der Waals surface area contributed by atoms with E-state index in [2.05, 4.69) is 6.58 Å². The van der Waals surface area contributed by atoms with Crippen LogP contribution < -0.4 is 5.73 Å². The zero-order valence-electron chi connectivity index (χ0n) is 8.13. The van der Waals surface area contributed by atoms with Crippen LogP contribution in [0.2, 0.25) is 0 Å². The molecule has 15 heavy (non-hydrogen) atoms. The quantitative estimate of drug-likeness (QED) is 0.489. The summed E-state index contributed by atoms with van der Waals surface area (Å²) in [6.07, 6.45) is 2.31. The van der Waals surface area contributed by atoms with Crippen molar-refractivity contribution >= 4 is 18.1 Å². The molecule has 0 heterocycles. The zero-order chi connectivity index (χ0) is 10.6. The summed E-state index contributed by atoms with van der Waals surface area (Å²) in [4.78, 5) is 10.1. The van der Waals surface area contributed by atoms with E-state index in [1.807, 2.05) is 0 Å². The Hall–Kier alpha value is -1.39. The van der Waals surface area contributed by atoms with E-state index in [4.69, 9.17) is 5.73 Å². The first-order chi connectivity index (χ1) is 6.65. The lowest BCUT2D eigenvalue weighted by molar-refractivity contribution is -0.384. The highest BCUT2D eigenvalue weighted by molar-refractivity contribution is 5.85. The highest BCUT2D eigenvalue weighted by Crippen LogP contribution is 2.19. The molecular weight excluding hydrogens is 216 g/mol. The lowest BCUT2D eigenvalue weighted by atomic mass is 10.0. The van der Waals surface area contributed by atoms with Crippen molar-refractivity contribution in [3.05, 3.63) is 52.6 Å². The average Bonchev–Trinajstić information content (AvgIpc) is 2.18. The Labute approximate surface area is 94.3 Å². The van der Waals surface area contributed by atoms with Crippen molar-refractivity contribution < 1.29 is 4.92 Å². The zero-order valence-corrected chi connectivity index (χ0v) is 8.94. The molecule has 0 saturated heterocycles. The van der Waals surface area contributed by atoms with Crippen LogP contribution in [0.5, 0.6) is 0 Å². The largest absolute Gasteiger partial charge is 0.324 e. The van der Waals surface area contributed by atoms with Crippen molar-refractivity contribution in [2.45, 2.75) is 12.5 Å². The molecule has 0 aliphatic heterocycles. The predicted octanol–water partition coefficient (Wildman–Crippen LogP) is 2.59. The van der Waals surface area contributed by atoms with E-state index in [9.17, 15) is 10.1 Å².